The molecule has 1 aromatic rings. The molecular weight excluding hydrogens is 192 g/mol. The summed E-state index contributed by atoms with van der Waals surface area (Å²) < 4.78 is 0. The highest BCUT2D eigenvalue weighted by Crippen LogP contribution is 2.26. The van der Waals surface area contributed by atoms with E-state index in [1.54, 1.807) is 7.05 Å². The van der Waals surface area contributed by atoms with E-state index < -0.39 is 0 Å². The van der Waals surface area contributed by atoms with Gasteiger partial charge in [-0.3, -0.25) is 4.79 Å². The van der Waals surface area contributed by atoms with Gasteiger partial charge < -0.3 is 10.2 Å². The molecule has 0 fully saturated rings. The molecule has 78 valence electrons. The van der Waals surface area contributed by atoms with Gasteiger partial charge in [0.05, 0.1) is 0 Å². The van der Waals surface area contributed by atoms with Crippen LogP contribution in [0.25, 0.3) is 0 Å². The summed E-state index contributed by atoms with van der Waals surface area (Å²) in [6, 6.07) is 9.76. The third-order valence-corrected chi connectivity index (χ3v) is 2.33. The zero-order valence-electron chi connectivity index (χ0n) is 8.43. The Morgan fingerprint density at radius 1 is 1.47 bits per heavy atom. The van der Waals surface area contributed by atoms with E-state index >= 15 is 0 Å². The predicted octanol–water partition coefficient (Wildman–Crippen LogP) is 1.25. The first-order chi connectivity index (χ1) is 7.31. The van der Waals surface area contributed by atoms with Crippen LogP contribution in [0.3, 0.4) is 0 Å². The Balaban J connectivity index is 2.05. The Morgan fingerprint density at radius 2 is 2.20 bits per heavy atom. The first-order valence-corrected chi connectivity index (χ1v) is 4.81. The molecule has 1 amide bonds. The van der Waals surface area contributed by atoms with Crippen molar-refractivity contribution in [2.24, 2.45) is 5.16 Å². The van der Waals surface area contributed by atoms with Crippen LogP contribution >= 0.6 is 0 Å². The molecular formula is C11H12N2O2. The van der Waals surface area contributed by atoms with Crippen LogP contribution in [-0.2, 0) is 9.63 Å². The van der Waals surface area contributed by atoms with E-state index in [-0.39, 0.29) is 12.0 Å². The number of hydrogen-bond acceptors (Lipinski definition) is 3. The smallest absolute Gasteiger partial charge is 0.268 e. The summed E-state index contributed by atoms with van der Waals surface area (Å²) in [5.74, 6) is -0.173. The Labute approximate surface area is 87.9 Å². The van der Waals surface area contributed by atoms with Gasteiger partial charge in [-0.05, 0) is 5.56 Å². The second kappa shape index (κ2) is 4.13. The Morgan fingerprint density at radius 3 is 2.87 bits per heavy atom. The summed E-state index contributed by atoms with van der Waals surface area (Å²) in [7, 11) is 1.58. The van der Waals surface area contributed by atoms with Crippen molar-refractivity contribution in [1.29, 1.82) is 0 Å². The number of nitrogens with one attached hydrogen (secondary N) is 1. The largest absolute Gasteiger partial charge is 0.387 e. The van der Waals surface area contributed by atoms with E-state index in [0.29, 0.717) is 12.1 Å². The minimum Gasteiger partial charge on any atom is -0.387 e. The van der Waals surface area contributed by atoms with Crippen LogP contribution in [0.15, 0.2) is 35.5 Å². The molecule has 1 atom stereocenters. The van der Waals surface area contributed by atoms with Crippen molar-refractivity contribution in [3.8, 4) is 0 Å². The molecule has 15 heavy (non-hydrogen) atoms. The number of nitrogens with zero attached hydrogens (tertiary/aromatic N) is 1. The molecule has 4 nitrogen and oxygen atoms in total. The van der Waals surface area contributed by atoms with Crippen molar-refractivity contribution in [3.63, 3.8) is 0 Å². The van der Waals surface area contributed by atoms with Crippen molar-refractivity contribution in [1.82, 2.24) is 5.32 Å². The van der Waals surface area contributed by atoms with Gasteiger partial charge in [-0.15, -0.1) is 0 Å². The first kappa shape index (κ1) is 9.71. The summed E-state index contributed by atoms with van der Waals surface area (Å²) in [6.45, 7) is 0. The molecule has 1 aliphatic rings. The molecule has 0 saturated heterocycles. The standard InChI is InChI=1S/C11H12N2O2/c1-12-11(14)9-7-10(15-13-9)8-5-3-2-4-6-8/h2-6,10H,7H2,1H3,(H,12,14). The quantitative estimate of drug-likeness (QED) is 0.788. The number of rotatable bonds is 2. The summed E-state index contributed by atoms with van der Waals surface area (Å²) in [4.78, 5) is 16.5. The Kier molecular flexibility index (Phi) is 2.67. The van der Waals surface area contributed by atoms with Gasteiger partial charge in [0.1, 0.15) is 5.71 Å². The highest BCUT2D eigenvalue weighted by atomic mass is 16.6. The molecule has 4 heteroatoms. The summed E-state index contributed by atoms with van der Waals surface area (Å²) in [5, 5.41) is 6.30. The first-order valence-electron chi connectivity index (χ1n) is 4.81. The van der Waals surface area contributed by atoms with E-state index in [1.165, 1.54) is 0 Å². The topological polar surface area (TPSA) is 50.7 Å². The van der Waals surface area contributed by atoms with Crippen LogP contribution in [0.5, 0.6) is 0 Å². The molecule has 0 saturated carbocycles. The van der Waals surface area contributed by atoms with E-state index in [1.807, 2.05) is 30.3 Å². The normalized spacial score (nSPS) is 19.3. The lowest BCUT2D eigenvalue weighted by Crippen LogP contribution is -2.26. The number of carbonyl (C=O) groups excluding carboxylic acids is 1. The monoisotopic (exact) mass is 204 g/mol. The summed E-state index contributed by atoms with van der Waals surface area (Å²) >= 11 is 0. The van der Waals surface area contributed by atoms with Crippen molar-refractivity contribution in [2.45, 2.75) is 12.5 Å². The molecule has 0 radical (unpaired) electrons. The highest BCUT2D eigenvalue weighted by Gasteiger charge is 2.26. The maximum atomic E-state index is 11.3. The summed E-state index contributed by atoms with van der Waals surface area (Å²) in [6.07, 6.45) is 0.405. The molecule has 1 unspecified atom stereocenters. The summed E-state index contributed by atoms with van der Waals surface area (Å²) in [5.41, 5.74) is 1.49. The van der Waals surface area contributed by atoms with Gasteiger partial charge in [0.15, 0.2) is 6.10 Å². The second-order valence-corrected chi connectivity index (χ2v) is 3.33. The van der Waals surface area contributed by atoms with E-state index in [0.717, 1.165) is 5.56 Å². The van der Waals surface area contributed by atoms with E-state index in [4.69, 9.17) is 4.84 Å². The average molecular weight is 204 g/mol. The molecule has 0 aliphatic carbocycles. The van der Waals surface area contributed by atoms with E-state index in [9.17, 15) is 4.79 Å². The van der Waals surface area contributed by atoms with Gasteiger partial charge in [-0.25, -0.2) is 0 Å². The number of amides is 1. The lowest BCUT2D eigenvalue weighted by Gasteiger charge is -2.06. The van der Waals surface area contributed by atoms with Crippen LogP contribution < -0.4 is 5.32 Å². The number of hydrogen-bond donors (Lipinski definition) is 1. The molecule has 0 bridgehead atoms. The fourth-order valence-corrected chi connectivity index (χ4v) is 1.50. The molecule has 1 aliphatic heterocycles. The minimum atomic E-state index is -0.173. The highest BCUT2D eigenvalue weighted by molar-refractivity contribution is 6.39. The molecule has 1 heterocycles. The van der Waals surface area contributed by atoms with Crippen molar-refractivity contribution >= 4 is 11.6 Å². The lowest BCUT2D eigenvalue weighted by atomic mass is 10.0. The fraction of sp³-hybridized carbons (Fsp3) is 0.273. The van der Waals surface area contributed by atoms with Crippen molar-refractivity contribution < 1.29 is 9.63 Å². The fourth-order valence-electron chi connectivity index (χ4n) is 1.50. The zero-order valence-corrected chi connectivity index (χ0v) is 8.43. The van der Waals surface area contributed by atoms with Crippen molar-refractivity contribution in [3.05, 3.63) is 35.9 Å². The number of oxime groups is 1. The minimum absolute atomic E-state index is 0.126. The molecule has 2 rings (SSSR count). The SMILES string of the molecule is CNC(=O)C1=NOC(c2ccccc2)C1. The third kappa shape index (κ3) is 1.98. The molecule has 0 aromatic heterocycles. The Bertz CT molecular complexity index is 387. The average Bonchev–Trinajstić information content (AvgIpc) is 2.78. The second-order valence-electron chi connectivity index (χ2n) is 3.33. The maximum absolute atomic E-state index is 11.3. The molecule has 1 aromatic carbocycles. The van der Waals surface area contributed by atoms with Crippen LogP contribution in [0.1, 0.15) is 18.1 Å². The molecule has 1 N–H and O–H groups in total. The lowest BCUT2D eigenvalue weighted by molar-refractivity contribution is -0.114. The van der Waals surface area contributed by atoms with Gasteiger partial charge in [0, 0.05) is 13.5 Å². The predicted molar refractivity (Wildman–Crippen MR) is 56.4 cm³/mol. The van der Waals surface area contributed by atoms with Gasteiger partial charge in [0.2, 0.25) is 0 Å². The van der Waals surface area contributed by atoms with Gasteiger partial charge in [-0.2, -0.15) is 0 Å². The van der Waals surface area contributed by atoms with Crippen LogP contribution in [0.4, 0.5) is 0 Å². The van der Waals surface area contributed by atoms with E-state index in [2.05, 4.69) is 10.5 Å². The van der Waals surface area contributed by atoms with Gasteiger partial charge in [0.25, 0.3) is 5.91 Å². The zero-order chi connectivity index (χ0) is 10.7. The number of benzene rings is 1. The number of carbonyl (C=O) groups is 1. The van der Waals surface area contributed by atoms with Crippen LogP contribution in [0, 0.1) is 0 Å². The maximum Gasteiger partial charge on any atom is 0.268 e. The molecule has 0 spiro atoms. The van der Waals surface area contributed by atoms with Gasteiger partial charge in [-0.1, -0.05) is 35.5 Å². The Hall–Kier alpha value is -1.84. The van der Waals surface area contributed by atoms with Crippen LogP contribution in [-0.4, -0.2) is 18.7 Å². The van der Waals surface area contributed by atoms with Crippen LogP contribution in [0.2, 0.25) is 0 Å². The van der Waals surface area contributed by atoms with Crippen molar-refractivity contribution in [2.75, 3.05) is 7.05 Å². The third-order valence-electron chi connectivity index (χ3n) is 2.33. The van der Waals surface area contributed by atoms with Gasteiger partial charge >= 0.3 is 0 Å².